The van der Waals surface area contributed by atoms with Crippen LogP contribution in [0.2, 0.25) is 0 Å². The number of aryl methyl sites for hydroxylation is 4. The Labute approximate surface area is 140 Å². The van der Waals surface area contributed by atoms with Crippen LogP contribution < -0.4 is 0 Å². The van der Waals surface area contributed by atoms with E-state index < -0.39 is 0 Å². The Morgan fingerprint density at radius 2 is 1.32 bits per heavy atom. The van der Waals surface area contributed by atoms with Gasteiger partial charge in [0.25, 0.3) is 0 Å². The SMILES string of the molecule is Cc1cc(C)c2ccsc2c1.Cc1ccc2sccc2c1C. The van der Waals surface area contributed by atoms with Crippen molar-refractivity contribution in [1.82, 2.24) is 0 Å². The maximum Gasteiger partial charge on any atom is 0.0348 e. The molecule has 0 bridgehead atoms. The van der Waals surface area contributed by atoms with Gasteiger partial charge in [-0.05, 0) is 95.7 Å². The molecule has 2 heteroatoms. The number of benzene rings is 2. The minimum absolute atomic E-state index is 1.36. The highest BCUT2D eigenvalue weighted by Gasteiger charge is 1.99. The number of hydrogen-bond donors (Lipinski definition) is 0. The summed E-state index contributed by atoms with van der Waals surface area (Å²) >= 11 is 3.63. The Bertz CT molecular complexity index is 925. The van der Waals surface area contributed by atoms with Gasteiger partial charge < -0.3 is 0 Å². The summed E-state index contributed by atoms with van der Waals surface area (Å²) in [5.74, 6) is 0. The van der Waals surface area contributed by atoms with Gasteiger partial charge in [0.2, 0.25) is 0 Å². The zero-order valence-corrected chi connectivity index (χ0v) is 15.1. The van der Waals surface area contributed by atoms with E-state index in [1.165, 1.54) is 42.4 Å². The molecule has 2 aromatic carbocycles. The summed E-state index contributed by atoms with van der Waals surface area (Å²) in [6, 6.07) is 13.2. The zero-order chi connectivity index (χ0) is 15.7. The highest BCUT2D eigenvalue weighted by Crippen LogP contribution is 2.26. The van der Waals surface area contributed by atoms with Crippen molar-refractivity contribution in [3.8, 4) is 0 Å². The molecular formula is C20H20S2. The van der Waals surface area contributed by atoms with Crippen LogP contribution in [-0.2, 0) is 0 Å². The molecule has 4 aromatic rings. The third kappa shape index (κ3) is 2.94. The molecule has 0 saturated heterocycles. The first-order valence-corrected chi connectivity index (χ1v) is 9.20. The molecule has 0 aliphatic rings. The normalized spacial score (nSPS) is 10.7. The second-order valence-corrected chi connectivity index (χ2v) is 7.65. The first kappa shape index (κ1) is 15.3. The molecule has 0 atom stereocenters. The first-order chi connectivity index (χ1) is 10.6. The van der Waals surface area contributed by atoms with Gasteiger partial charge in [-0.15, -0.1) is 22.7 Å². The van der Waals surface area contributed by atoms with E-state index in [1.807, 2.05) is 22.7 Å². The predicted molar refractivity (Wildman–Crippen MR) is 103 cm³/mol. The van der Waals surface area contributed by atoms with Crippen LogP contribution in [0.15, 0.2) is 47.2 Å². The van der Waals surface area contributed by atoms with E-state index in [0.717, 1.165) is 0 Å². The van der Waals surface area contributed by atoms with Crippen LogP contribution in [0.3, 0.4) is 0 Å². The Kier molecular flexibility index (Phi) is 4.32. The Morgan fingerprint density at radius 1 is 0.636 bits per heavy atom. The lowest BCUT2D eigenvalue weighted by atomic mass is 10.1. The fourth-order valence-corrected chi connectivity index (χ4v) is 4.53. The molecule has 0 aliphatic carbocycles. The lowest BCUT2D eigenvalue weighted by Gasteiger charge is -1.99. The summed E-state index contributed by atoms with van der Waals surface area (Å²) in [4.78, 5) is 0. The second kappa shape index (κ2) is 6.23. The lowest BCUT2D eigenvalue weighted by Crippen LogP contribution is -1.78. The fraction of sp³-hybridized carbons (Fsp3) is 0.200. The number of hydrogen-bond acceptors (Lipinski definition) is 2. The number of rotatable bonds is 0. The van der Waals surface area contributed by atoms with Crippen LogP contribution >= 0.6 is 22.7 Å². The van der Waals surface area contributed by atoms with Gasteiger partial charge in [0.05, 0.1) is 0 Å². The van der Waals surface area contributed by atoms with Crippen molar-refractivity contribution in [3.63, 3.8) is 0 Å². The van der Waals surface area contributed by atoms with E-state index in [4.69, 9.17) is 0 Å². The van der Waals surface area contributed by atoms with E-state index >= 15 is 0 Å². The summed E-state index contributed by atoms with van der Waals surface area (Å²) < 4.78 is 2.80. The predicted octanol–water partition coefficient (Wildman–Crippen LogP) is 7.04. The van der Waals surface area contributed by atoms with Crippen molar-refractivity contribution >= 4 is 42.8 Å². The maximum absolute atomic E-state index is 2.24. The molecule has 0 aliphatic heterocycles. The standard InChI is InChI=1S/2C10H10S/c1-7-5-8(2)9-3-4-11-10(9)6-7;1-7-3-4-10-9(8(7)2)5-6-11-10/h2*3-6H,1-2H3. The summed E-state index contributed by atoms with van der Waals surface area (Å²) in [6.45, 7) is 8.66. The molecule has 2 heterocycles. The van der Waals surface area contributed by atoms with E-state index in [1.54, 1.807) is 0 Å². The molecule has 22 heavy (non-hydrogen) atoms. The zero-order valence-electron chi connectivity index (χ0n) is 13.4. The van der Waals surface area contributed by atoms with Gasteiger partial charge in [-0.25, -0.2) is 0 Å². The monoisotopic (exact) mass is 324 g/mol. The highest BCUT2D eigenvalue weighted by atomic mass is 32.1. The van der Waals surface area contributed by atoms with Crippen LogP contribution in [0.1, 0.15) is 22.3 Å². The van der Waals surface area contributed by atoms with Gasteiger partial charge in [-0.1, -0.05) is 12.1 Å². The molecule has 0 fully saturated rings. The van der Waals surface area contributed by atoms with Gasteiger partial charge in [0, 0.05) is 9.40 Å². The molecule has 0 amide bonds. The third-order valence-electron chi connectivity index (χ3n) is 4.10. The summed E-state index contributed by atoms with van der Waals surface area (Å²) in [6.07, 6.45) is 0. The molecule has 4 rings (SSSR count). The summed E-state index contributed by atoms with van der Waals surface area (Å²) in [5, 5.41) is 7.12. The largest absolute Gasteiger partial charge is 0.144 e. The van der Waals surface area contributed by atoms with Crippen molar-refractivity contribution in [2.24, 2.45) is 0 Å². The third-order valence-corrected chi connectivity index (χ3v) is 5.84. The van der Waals surface area contributed by atoms with Crippen LogP contribution in [0.25, 0.3) is 20.2 Å². The number of fused-ring (bicyclic) bond motifs is 2. The van der Waals surface area contributed by atoms with Crippen molar-refractivity contribution < 1.29 is 0 Å². The highest BCUT2D eigenvalue weighted by molar-refractivity contribution is 7.17. The minimum atomic E-state index is 1.36. The first-order valence-electron chi connectivity index (χ1n) is 7.44. The van der Waals surface area contributed by atoms with Crippen molar-refractivity contribution in [1.29, 1.82) is 0 Å². The van der Waals surface area contributed by atoms with Crippen LogP contribution in [0, 0.1) is 27.7 Å². The van der Waals surface area contributed by atoms with Gasteiger partial charge in [-0.2, -0.15) is 0 Å². The molecular weight excluding hydrogens is 304 g/mol. The van der Waals surface area contributed by atoms with Gasteiger partial charge >= 0.3 is 0 Å². The van der Waals surface area contributed by atoms with Crippen molar-refractivity contribution in [2.45, 2.75) is 27.7 Å². The average molecular weight is 325 g/mol. The lowest BCUT2D eigenvalue weighted by molar-refractivity contribution is 1.39. The quantitative estimate of drug-likeness (QED) is 0.325. The molecule has 0 N–H and O–H groups in total. The maximum atomic E-state index is 2.24. The Morgan fingerprint density at radius 3 is 2.09 bits per heavy atom. The molecule has 0 nitrogen and oxygen atoms in total. The summed E-state index contributed by atoms with van der Waals surface area (Å²) in [7, 11) is 0. The molecule has 0 spiro atoms. The topological polar surface area (TPSA) is 0 Å². The number of thiophene rings is 2. The van der Waals surface area contributed by atoms with Gasteiger partial charge in [0.15, 0.2) is 0 Å². The Balaban J connectivity index is 0.000000131. The second-order valence-electron chi connectivity index (χ2n) is 5.75. The van der Waals surface area contributed by atoms with Gasteiger partial charge in [0.1, 0.15) is 0 Å². The molecule has 0 unspecified atom stereocenters. The fourth-order valence-electron chi connectivity index (χ4n) is 2.72. The van der Waals surface area contributed by atoms with Crippen LogP contribution in [0.4, 0.5) is 0 Å². The van der Waals surface area contributed by atoms with E-state index in [-0.39, 0.29) is 0 Å². The minimum Gasteiger partial charge on any atom is -0.144 e. The Hall–Kier alpha value is -1.64. The summed E-state index contributed by atoms with van der Waals surface area (Å²) in [5.41, 5.74) is 5.55. The van der Waals surface area contributed by atoms with Gasteiger partial charge in [-0.3, -0.25) is 0 Å². The molecule has 0 radical (unpaired) electrons. The average Bonchev–Trinajstić information content (AvgIpc) is 3.12. The van der Waals surface area contributed by atoms with E-state index in [2.05, 4.69) is 74.9 Å². The van der Waals surface area contributed by atoms with Crippen molar-refractivity contribution in [2.75, 3.05) is 0 Å². The van der Waals surface area contributed by atoms with E-state index in [0.29, 0.717) is 0 Å². The smallest absolute Gasteiger partial charge is 0.0348 e. The van der Waals surface area contributed by atoms with Crippen LogP contribution in [0.5, 0.6) is 0 Å². The van der Waals surface area contributed by atoms with Crippen LogP contribution in [-0.4, -0.2) is 0 Å². The van der Waals surface area contributed by atoms with E-state index in [9.17, 15) is 0 Å². The molecule has 2 aromatic heterocycles. The molecule has 0 saturated carbocycles. The molecule has 112 valence electrons. The van der Waals surface area contributed by atoms with Crippen molar-refractivity contribution in [3.05, 3.63) is 69.4 Å².